The third-order valence-corrected chi connectivity index (χ3v) is 6.70. The molecule has 1 saturated carbocycles. The number of hydrogen-bond donors (Lipinski definition) is 1. The summed E-state index contributed by atoms with van der Waals surface area (Å²) in [6, 6.07) is 0. The van der Waals surface area contributed by atoms with E-state index in [1.165, 1.54) is 0 Å². The molecule has 2 rings (SSSR count). The third kappa shape index (κ3) is 3.57. The lowest BCUT2D eigenvalue weighted by molar-refractivity contribution is 0.372. The molecule has 1 aromatic rings. The summed E-state index contributed by atoms with van der Waals surface area (Å²) in [7, 11) is -10.4. The molecule has 0 bridgehead atoms. The lowest BCUT2D eigenvalue weighted by Gasteiger charge is -2.21. The molecule has 0 radical (unpaired) electrons. The quantitative estimate of drug-likeness (QED) is 0.485. The largest absolute Gasteiger partial charge is 0.300 e. The van der Waals surface area contributed by atoms with Crippen LogP contribution in [0.2, 0.25) is 0 Å². The fraction of sp³-hybridized carbons (Fsp3) is 0.538. The van der Waals surface area contributed by atoms with Crippen molar-refractivity contribution in [2.75, 3.05) is 5.75 Å². The van der Waals surface area contributed by atoms with Gasteiger partial charge < -0.3 is 0 Å². The Hall–Kier alpha value is -1.20. The molecule has 1 aromatic carbocycles. The van der Waals surface area contributed by atoms with E-state index in [9.17, 15) is 34.4 Å². The van der Waals surface area contributed by atoms with Crippen LogP contribution < -0.4 is 0 Å². The summed E-state index contributed by atoms with van der Waals surface area (Å²) in [5.74, 6) is -10.8. The maximum absolute atomic E-state index is 13.9. The second kappa shape index (κ2) is 6.60. The van der Waals surface area contributed by atoms with Crippen LogP contribution >= 0.6 is 0 Å². The van der Waals surface area contributed by atoms with Crippen LogP contribution in [0.15, 0.2) is 9.79 Å². The van der Waals surface area contributed by atoms with Gasteiger partial charge in [-0.3, -0.25) is 4.55 Å². The van der Waals surface area contributed by atoms with E-state index in [0.717, 1.165) is 19.3 Å². The monoisotopic (exact) mass is 390 g/mol. The van der Waals surface area contributed by atoms with Crippen molar-refractivity contribution in [3.63, 3.8) is 0 Å². The predicted octanol–water partition coefficient (Wildman–Crippen LogP) is 2.84. The molecule has 1 aliphatic rings. The average molecular weight is 390 g/mol. The van der Waals surface area contributed by atoms with Gasteiger partial charge in [-0.2, -0.15) is 8.42 Å². The molecule has 0 amide bonds. The molecule has 1 fully saturated rings. The first-order chi connectivity index (χ1) is 11.0. The zero-order chi connectivity index (χ0) is 18.3. The lowest BCUT2D eigenvalue weighted by Crippen LogP contribution is -2.23. The van der Waals surface area contributed by atoms with Crippen LogP contribution in [0.1, 0.15) is 32.1 Å². The van der Waals surface area contributed by atoms with Crippen LogP contribution in [0.25, 0.3) is 0 Å². The highest BCUT2D eigenvalue weighted by Gasteiger charge is 2.38. The standard InChI is InChI=1S/C13H14F4O5S2/c14-8-10(16)13(24(20,21)22)11(17)9(15)12(8)23(18,19)6-7-4-2-1-3-5-7/h7H,1-6H2,(H,20,21,22). The van der Waals surface area contributed by atoms with E-state index < -0.39 is 64.7 Å². The van der Waals surface area contributed by atoms with Gasteiger partial charge >= 0.3 is 10.1 Å². The Labute approximate surface area is 136 Å². The molecule has 0 heterocycles. The van der Waals surface area contributed by atoms with Crippen LogP contribution in [0, 0.1) is 29.2 Å². The molecule has 136 valence electrons. The molecule has 1 N–H and O–H groups in total. The van der Waals surface area contributed by atoms with Crippen LogP contribution in [-0.2, 0) is 20.0 Å². The van der Waals surface area contributed by atoms with Crippen molar-refractivity contribution in [1.29, 1.82) is 0 Å². The summed E-state index contributed by atoms with van der Waals surface area (Å²) >= 11 is 0. The Morgan fingerprint density at radius 2 is 1.21 bits per heavy atom. The Bertz CT molecular complexity index is 830. The van der Waals surface area contributed by atoms with Gasteiger partial charge in [-0.1, -0.05) is 19.3 Å². The van der Waals surface area contributed by atoms with Crippen molar-refractivity contribution >= 4 is 20.0 Å². The molecule has 0 spiro atoms. The highest BCUT2D eigenvalue weighted by atomic mass is 32.2. The summed E-state index contributed by atoms with van der Waals surface area (Å²) in [6.07, 6.45) is 3.35. The summed E-state index contributed by atoms with van der Waals surface area (Å²) in [5, 5.41) is 0. The van der Waals surface area contributed by atoms with Crippen molar-refractivity contribution in [2.45, 2.75) is 41.9 Å². The SMILES string of the molecule is O=S(=O)(O)c1c(F)c(F)c(S(=O)(=O)CC2CCCCC2)c(F)c1F. The Morgan fingerprint density at radius 3 is 1.62 bits per heavy atom. The summed E-state index contributed by atoms with van der Waals surface area (Å²) < 4.78 is 110. The molecular formula is C13H14F4O5S2. The predicted molar refractivity (Wildman–Crippen MR) is 74.7 cm³/mol. The molecule has 24 heavy (non-hydrogen) atoms. The van der Waals surface area contributed by atoms with Gasteiger partial charge in [-0.25, -0.2) is 26.0 Å². The molecule has 11 heteroatoms. The summed E-state index contributed by atoms with van der Waals surface area (Å²) in [4.78, 5) is -4.11. The first-order valence-corrected chi connectivity index (χ1v) is 10.1. The topological polar surface area (TPSA) is 88.5 Å². The lowest BCUT2D eigenvalue weighted by atomic mass is 9.91. The van der Waals surface area contributed by atoms with Crippen LogP contribution in [0.4, 0.5) is 17.6 Å². The molecule has 5 nitrogen and oxygen atoms in total. The van der Waals surface area contributed by atoms with Crippen LogP contribution in [0.3, 0.4) is 0 Å². The summed E-state index contributed by atoms with van der Waals surface area (Å²) in [5.41, 5.74) is 0. The van der Waals surface area contributed by atoms with Crippen molar-refractivity contribution < 1.29 is 39.0 Å². The molecule has 0 aromatic heterocycles. The zero-order valence-corrected chi connectivity index (χ0v) is 13.9. The minimum atomic E-state index is -5.62. The van der Waals surface area contributed by atoms with E-state index >= 15 is 0 Å². The number of rotatable bonds is 4. The van der Waals surface area contributed by atoms with E-state index in [0.29, 0.717) is 12.8 Å². The molecule has 1 aliphatic carbocycles. The van der Waals surface area contributed by atoms with Gasteiger partial charge in [0.2, 0.25) is 0 Å². The molecular weight excluding hydrogens is 376 g/mol. The maximum Gasteiger partial charge on any atom is 0.300 e. The van der Waals surface area contributed by atoms with Gasteiger partial charge in [0.1, 0.15) is 4.90 Å². The second-order valence-corrected chi connectivity index (χ2v) is 9.00. The summed E-state index contributed by atoms with van der Waals surface area (Å²) in [6.45, 7) is 0. The van der Waals surface area contributed by atoms with Crippen LogP contribution in [0.5, 0.6) is 0 Å². The van der Waals surface area contributed by atoms with Crippen molar-refractivity contribution in [3.05, 3.63) is 23.3 Å². The van der Waals surface area contributed by atoms with E-state index in [4.69, 9.17) is 4.55 Å². The van der Waals surface area contributed by atoms with Gasteiger partial charge in [-0.05, 0) is 18.8 Å². The number of sulfone groups is 1. The van der Waals surface area contributed by atoms with Gasteiger partial charge in [0.25, 0.3) is 0 Å². The zero-order valence-electron chi connectivity index (χ0n) is 12.2. The Kier molecular flexibility index (Phi) is 5.26. The van der Waals surface area contributed by atoms with Crippen molar-refractivity contribution in [2.24, 2.45) is 5.92 Å². The van der Waals surface area contributed by atoms with Gasteiger partial charge in [0.05, 0.1) is 5.75 Å². The third-order valence-electron chi connectivity index (χ3n) is 3.93. The van der Waals surface area contributed by atoms with E-state index in [2.05, 4.69) is 0 Å². The maximum atomic E-state index is 13.9. The van der Waals surface area contributed by atoms with Crippen LogP contribution in [-0.4, -0.2) is 27.1 Å². The number of halogens is 4. The Balaban J connectivity index is 2.58. The normalized spacial score (nSPS) is 17.2. The van der Waals surface area contributed by atoms with E-state index in [1.54, 1.807) is 0 Å². The highest BCUT2D eigenvalue weighted by molar-refractivity contribution is 7.91. The molecule has 0 atom stereocenters. The van der Waals surface area contributed by atoms with Crippen molar-refractivity contribution in [1.82, 2.24) is 0 Å². The first-order valence-electron chi connectivity index (χ1n) is 7.03. The number of benzene rings is 1. The fourth-order valence-corrected chi connectivity index (χ4v) is 5.32. The Morgan fingerprint density at radius 1 is 0.792 bits per heavy atom. The smallest absolute Gasteiger partial charge is 0.282 e. The number of hydrogen-bond acceptors (Lipinski definition) is 4. The molecule has 0 aliphatic heterocycles. The van der Waals surface area contributed by atoms with E-state index in [1.807, 2.05) is 0 Å². The van der Waals surface area contributed by atoms with E-state index in [-0.39, 0.29) is 0 Å². The molecule has 0 unspecified atom stereocenters. The fourth-order valence-electron chi connectivity index (χ4n) is 2.84. The average Bonchev–Trinajstić information content (AvgIpc) is 2.44. The van der Waals surface area contributed by atoms with Gasteiger partial charge in [0.15, 0.2) is 38.0 Å². The minimum absolute atomic E-state index is 0.407. The van der Waals surface area contributed by atoms with Gasteiger partial charge in [0, 0.05) is 0 Å². The second-order valence-electron chi connectivity index (χ2n) is 5.67. The molecule has 0 saturated heterocycles. The first kappa shape index (κ1) is 19.1. The van der Waals surface area contributed by atoms with Gasteiger partial charge in [-0.15, -0.1) is 0 Å². The highest BCUT2D eigenvalue weighted by Crippen LogP contribution is 2.33. The minimum Gasteiger partial charge on any atom is -0.282 e. The van der Waals surface area contributed by atoms with Crippen molar-refractivity contribution in [3.8, 4) is 0 Å².